The maximum Gasteiger partial charge on any atom is 0.191 e. The summed E-state index contributed by atoms with van der Waals surface area (Å²) >= 11 is 0. The SMILES string of the molecule is CC.Cc1cc(-c2c(C)cccc2C)cc(N)c1N=C(N)N. The zero-order chi connectivity index (χ0) is 16.9. The van der Waals surface area contributed by atoms with Crippen LogP contribution in [0.4, 0.5) is 11.4 Å². The highest BCUT2D eigenvalue weighted by molar-refractivity contribution is 5.85. The maximum atomic E-state index is 6.09. The second-order valence-electron chi connectivity index (χ2n) is 5.03. The topological polar surface area (TPSA) is 90.4 Å². The number of anilines is 1. The van der Waals surface area contributed by atoms with Crippen molar-refractivity contribution in [2.75, 3.05) is 5.73 Å². The Morgan fingerprint density at radius 2 is 1.45 bits per heavy atom. The van der Waals surface area contributed by atoms with Crippen LogP contribution < -0.4 is 17.2 Å². The van der Waals surface area contributed by atoms with E-state index in [2.05, 4.69) is 43.1 Å². The zero-order valence-corrected chi connectivity index (χ0v) is 14.1. The van der Waals surface area contributed by atoms with E-state index >= 15 is 0 Å². The first-order valence-electron chi connectivity index (χ1n) is 7.46. The van der Waals surface area contributed by atoms with Gasteiger partial charge < -0.3 is 17.2 Å². The van der Waals surface area contributed by atoms with E-state index in [1.807, 2.05) is 26.8 Å². The van der Waals surface area contributed by atoms with Gasteiger partial charge in [-0.25, -0.2) is 4.99 Å². The molecule has 0 spiro atoms. The average molecular weight is 298 g/mol. The van der Waals surface area contributed by atoms with Gasteiger partial charge in [-0.05, 0) is 60.7 Å². The molecule has 22 heavy (non-hydrogen) atoms. The molecule has 4 nitrogen and oxygen atoms in total. The van der Waals surface area contributed by atoms with Crippen molar-refractivity contribution in [3.8, 4) is 11.1 Å². The molecule has 0 fully saturated rings. The third-order valence-electron chi connectivity index (χ3n) is 3.34. The number of aliphatic imine (C=N–C) groups is 1. The van der Waals surface area contributed by atoms with Gasteiger partial charge in [0, 0.05) is 0 Å². The minimum atomic E-state index is 0.0135. The highest BCUT2D eigenvalue weighted by Crippen LogP contribution is 2.35. The Bertz CT molecular complexity index is 640. The molecule has 0 bridgehead atoms. The van der Waals surface area contributed by atoms with E-state index in [1.165, 1.54) is 16.7 Å². The molecule has 0 atom stereocenters. The van der Waals surface area contributed by atoms with E-state index in [-0.39, 0.29) is 5.96 Å². The second-order valence-corrected chi connectivity index (χ2v) is 5.03. The summed E-state index contributed by atoms with van der Waals surface area (Å²) in [7, 11) is 0. The number of nitrogen functional groups attached to an aromatic ring is 1. The van der Waals surface area contributed by atoms with Gasteiger partial charge >= 0.3 is 0 Å². The molecule has 0 aromatic heterocycles. The van der Waals surface area contributed by atoms with Gasteiger partial charge in [0.05, 0.1) is 11.4 Å². The van der Waals surface area contributed by atoms with Crippen molar-refractivity contribution in [2.24, 2.45) is 16.5 Å². The van der Waals surface area contributed by atoms with Crippen LogP contribution >= 0.6 is 0 Å². The molecule has 6 N–H and O–H groups in total. The number of aryl methyl sites for hydroxylation is 3. The summed E-state index contributed by atoms with van der Waals surface area (Å²) in [5.74, 6) is 0.0135. The summed E-state index contributed by atoms with van der Waals surface area (Å²) in [5, 5.41) is 0. The average Bonchev–Trinajstić information content (AvgIpc) is 2.45. The molecule has 118 valence electrons. The molecule has 0 saturated heterocycles. The predicted molar refractivity (Wildman–Crippen MR) is 97.3 cm³/mol. The number of rotatable bonds is 2. The molecule has 2 rings (SSSR count). The lowest BCUT2D eigenvalue weighted by atomic mass is 9.94. The van der Waals surface area contributed by atoms with Gasteiger partial charge in [-0.1, -0.05) is 32.0 Å². The van der Waals surface area contributed by atoms with E-state index in [1.54, 1.807) is 0 Å². The fourth-order valence-electron chi connectivity index (χ4n) is 2.50. The van der Waals surface area contributed by atoms with E-state index < -0.39 is 0 Å². The second kappa shape index (κ2) is 7.50. The lowest BCUT2D eigenvalue weighted by molar-refractivity contribution is 1.34. The van der Waals surface area contributed by atoms with Crippen molar-refractivity contribution < 1.29 is 0 Å². The Morgan fingerprint density at radius 3 is 1.91 bits per heavy atom. The van der Waals surface area contributed by atoms with Crippen LogP contribution in [0.2, 0.25) is 0 Å². The zero-order valence-electron chi connectivity index (χ0n) is 14.1. The Morgan fingerprint density at radius 1 is 0.909 bits per heavy atom. The maximum absolute atomic E-state index is 6.09. The first-order chi connectivity index (χ1) is 10.4. The first kappa shape index (κ1) is 17.6. The van der Waals surface area contributed by atoms with Crippen LogP contribution in [-0.4, -0.2) is 5.96 Å². The summed E-state index contributed by atoms with van der Waals surface area (Å²) in [6.45, 7) is 10.1. The van der Waals surface area contributed by atoms with Crippen molar-refractivity contribution >= 4 is 17.3 Å². The standard InChI is InChI=1S/C16H20N4.C2H6/c1-9-5-4-6-10(2)14(9)12-7-11(3)15(13(17)8-12)20-16(18)19;1-2/h4-8H,17H2,1-3H3,(H4,18,19,20);1-2H3. The number of benzene rings is 2. The molecule has 0 aliphatic carbocycles. The van der Waals surface area contributed by atoms with Crippen LogP contribution in [0, 0.1) is 20.8 Å². The normalized spacial score (nSPS) is 9.68. The molecule has 0 aliphatic heterocycles. The lowest BCUT2D eigenvalue weighted by Crippen LogP contribution is -2.22. The number of hydrogen-bond donors (Lipinski definition) is 3. The Kier molecular flexibility index (Phi) is 5.99. The molecule has 4 heteroatoms. The van der Waals surface area contributed by atoms with Crippen LogP contribution in [0.1, 0.15) is 30.5 Å². The summed E-state index contributed by atoms with van der Waals surface area (Å²) in [6.07, 6.45) is 0. The van der Waals surface area contributed by atoms with Crippen molar-refractivity contribution in [2.45, 2.75) is 34.6 Å². The highest BCUT2D eigenvalue weighted by atomic mass is 15.0. The summed E-state index contributed by atoms with van der Waals surface area (Å²) in [4.78, 5) is 4.09. The van der Waals surface area contributed by atoms with Crippen LogP contribution in [0.15, 0.2) is 35.3 Å². The monoisotopic (exact) mass is 298 g/mol. The van der Waals surface area contributed by atoms with Gasteiger partial charge in [-0.3, -0.25) is 0 Å². The van der Waals surface area contributed by atoms with Gasteiger partial charge in [-0.2, -0.15) is 0 Å². The Balaban J connectivity index is 0.00000116. The van der Waals surface area contributed by atoms with Crippen molar-refractivity contribution in [3.63, 3.8) is 0 Å². The molecular formula is C18H26N4. The smallest absolute Gasteiger partial charge is 0.191 e. The molecule has 0 radical (unpaired) electrons. The highest BCUT2D eigenvalue weighted by Gasteiger charge is 2.10. The van der Waals surface area contributed by atoms with Crippen LogP contribution in [0.25, 0.3) is 11.1 Å². The number of guanidine groups is 1. The number of nitrogens with zero attached hydrogens (tertiary/aromatic N) is 1. The lowest BCUT2D eigenvalue weighted by Gasteiger charge is -2.13. The Labute approximate surface area is 133 Å². The molecule has 0 amide bonds. The summed E-state index contributed by atoms with van der Waals surface area (Å²) in [5.41, 5.74) is 23.9. The third kappa shape index (κ3) is 3.79. The number of hydrogen-bond acceptors (Lipinski definition) is 2. The van der Waals surface area contributed by atoms with Crippen LogP contribution in [0.3, 0.4) is 0 Å². The molecule has 0 unspecified atom stereocenters. The van der Waals surface area contributed by atoms with Crippen molar-refractivity contribution in [1.29, 1.82) is 0 Å². The molecule has 0 heterocycles. The fourth-order valence-corrected chi connectivity index (χ4v) is 2.50. The summed E-state index contributed by atoms with van der Waals surface area (Å²) < 4.78 is 0. The minimum Gasteiger partial charge on any atom is -0.397 e. The van der Waals surface area contributed by atoms with Crippen LogP contribution in [0.5, 0.6) is 0 Å². The van der Waals surface area contributed by atoms with Gasteiger partial charge in [0.2, 0.25) is 0 Å². The van der Waals surface area contributed by atoms with E-state index in [0.29, 0.717) is 11.4 Å². The molecule has 2 aromatic carbocycles. The van der Waals surface area contributed by atoms with E-state index in [4.69, 9.17) is 17.2 Å². The molecule has 2 aromatic rings. The fraction of sp³-hybridized carbons (Fsp3) is 0.278. The van der Waals surface area contributed by atoms with Crippen molar-refractivity contribution in [3.05, 3.63) is 47.0 Å². The minimum absolute atomic E-state index is 0.0135. The van der Waals surface area contributed by atoms with Gasteiger partial charge in [0.1, 0.15) is 0 Å². The van der Waals surface area contributed by atoms with E-state index in [9.17, 15) is 0 Å². The van der Waals surface area contributed by atoms with Gasteiger partial charge in [0.15, 0.2) is 5.96 Å². The van der Waals surface area contributed by atoms with Crippen LogP contribution in [-0.2, 0) is 0 Å². The number of nitrogens with two attached hydrogens (primary N) is 3. The van der Waals surface area contributed by atoms with Crippen molar-refractivity contribution in [1.82, 2.24) is 0 Å². The van der Waals surface area contributed by atoms with Gasteiger partial charge in [-0.15, -0.1) is 0 Å². The molecular weight excluding hydrogens is 272 g/mol. The molecule has 0 aliphatic rings. The molecule has 0 saturated carbocycles. The predicted octanol–water partition coefficient (Wildman–Crippen LogP) is 3.79. The Hall–Kier alpha value is -2.49. The third-order valence-corrected chi connectivity index (χ3v) is 3.34. The van der Waals surface area contributed by atoms with E-state index in [0.717, 1.165) is 11.1 Å². The first-order valence-corrected chi connectivity index (χ1v) is 7.46. The largest absolute Gasteiger partial charge is 0.397 e. The quantitative estimate of drug-likeness (QED) is 0.447. The van der Waals surface area contributed by atoms with Gasteiger partial charge in [0.25, 0.3) is 0 Å². The summed E-state index contributed by atoms with van der Waals surface area (Å²) in [6, 6.07) is 10.2.